The van der Waals surface area contributed by atoms with Crippen molar-refractivity contribution in [3.63, 3.8) is 0 Å². The van der Waals surface area contributed by atoms with E-state index in [-0.39, 0.29) is 18.0 Å². The Kier molecular flexibility index (Phi) is 5.97. The van der Waals surface area contributed by atoms with Crippen molar-refractivity contribution in [3.05, 3.63) is 77.6 Å². The van der Waals surface area contributed by atoms with Crippen molar-refractivity contribution in [3.8, 4) is 11.3 Å². The molecule has 1 aromatic heterocycles. The van der Waals surface area contributed by atoms with E-state index in [4.69, 9.17) is 0 Å². The molecule has 2 heterocycles. The predicted molar refractivity (Wildman–Crippen MR) is 111 cm³/mol. The number of nitrogens with zero attached hydrogens (tertiary/aromatic N) is 3. The highest BCUT2D eigenvalue weighted by Crippen LogP contribution is 2.28. The number of anilines is 1. The molecule has 1 fully saturated rings. The van der Waals surface area contributed by atoms with Gasteiger partial charge in [0, 0.05) is 54.8 Å². The molecule has 0 spiro atoms. The molecule has 1 N–H and O–H groups in total. The van der Waals surface area contributed by atoms with Crippen LogP contribution in [-0.4, -0.2) is 29.0 Å². The number of nitrogens with one attached hydrogen (secondary N) is 1. The Balaban J connectivity index is 1.47. The second-order valence-corrected chi connectivity index (χ2v) is 7.27. The Bertz CT molecular complexity index is 1030. The van der Waals surface area contributed by atoms with Gasteiger partial charge in [-0.05, 0) is 37.5 Å². The molecule has 3 aromatic rings. The molecule has 0 unspecified atom stereocenters. The van der Waals surface area contributed by atoms with Crippen LogP contribution >= 0.6 is 0 Å². The van der Waals surface area contributed by atoms with Gasteiger partial charge in [-0.1, -0.05) is 18.2 Å². The van der Waals surface area contributed by atoms with Crippen LogP contribution in [0.2, 0.25) is 0 Å². The van der Waals surface area contributed by atoms with E-state index in [1.54, 1.807) is 24.5 Å². The fourth-order valence-corrected chi connectivity index (χ4v) is 3.59. The number of halogens is 2. The summed E-state index contributed by atoms with van der Waals surface area (Å²) in [6.07, 6.45) is 6.88. The van der Waals surface area contributed by atoms with Crippen LogP contribution in [0.25, 0.3) is 11.3 Å². The molecule has 0 atom stereocenters. The van der Waals surface area contributed by atoms with Crippen LogP contribution in [0.3, 0.4) is 0 Å². The summed E-state index contributed by atoms with van der Waals surface area (Å²) < 4.78 is 26.7. The molecule has 154 valence electrons. The monoisotopic (exact) mass is 408 g/mol. The van der Waals surface area contributed by atoms with Crippen molar-refractivity contribution in [2.45, 2.75) is 25.8 Å². The van der Waals surface area contributed by atoms with Gasteiger partial charge in [0.2, 0.25) is 0 Å². The van der Waals surface area contributed by atoms with Gasteiger partial charge < -0.3 is 10.2 Å². The molecule has 1 amide bonds. The van der Waals surface area contributed by atoms with Gasteiger partial charge in [0.15, 0.2) is 5.82 Å². The summed E-state index contributed by atoms with van der Waals surface area (Å²) in [4.78, 5) is 23.7. The Hall–Kier alpha value is -3.35. The first-order chi connectivity index (χ1) is 14.6. The maximum atomic E-state index is 13.7. The van der Waals surface area contributed by atoms with Gasteiger partial charge in [-0.3, -0.25) is 9.78 Å². The van der Waals surface area contributed by atoms with Crippen LogP contribution in [0.4, 0.5) is 14.6 Å². The second kappa shape index (κ2) is 8.98. The smallest absolute Gasteiger partial charge is 0.251 e. The zero-order valence-electron chi connectivity index (χ0n) is 16.4. The average Bonchev–Trinajstić information content (AvgIpc) is 2.79. The average molecular weight is 408 g/mol. The van der Waals surface area contributed by atoms with Gasteiger partial charge in [-0.25, -0.2) is 13.8 Å². The van der Waals surface area contributed by atoms with E-state index >= 15 is 0 Å². The van der Waals surface area contributed by atoms with E-state index in [1.165, 1.54) is 18.6 Å². The molecule has 1 aliphatic rings. The van der Waals surface area contributed by atoms with Crippen LogP contribution in [0.1, 0.15) is 35.2 Å². The van der Waals surface area contributed by atoms with E-state index in [1.807, 2.05) is 12.1 Å². The topological polar surface area (TPSA) is 58.1 Å². The van der Waals surface area contributed by atoms with Crippen LogP contribution in [0.5, 0.6) is 0 Å². The van der Waals surface area contributed by atoms with Crippen LogP contribution in [-0.2, 0) is 6.54 Å². The van der Waals surface area contributed by atoms with E-state index in [2.05, 4.69) is 20.2 Å². The molecule has 30 heavy (non-hydrogen) atoms. The number of carbonyl (C=O) groups is 1. The highest BCUT2D eigenvalue weighted by molar-refractivity contribution is 5.94. The second-order valence-electron chi connectivity index (χ2n) is 7.27. The van der Waals surface area contributed by atoms with Crippen LogP contribution in [0.15, 0.2) is 54.9 Å². The zero-order chi connectivity index (χ0) is 20.9. The maximum Gasteiger partial charge on any atom is 0.251 e. The molecule has 0 aliphatic carbocycles. The van der Waals surface area contributed by atoms with E-state index < -0.39 is 11.6 Å². The Labute approximate surface area is 173 Å². The summed E-state index contributed by atoms with van der Waals surface area (Å²) in [7, 11) is 0. The molecule has 1 saturated heterocycles. The summed E-state index contributed by atoms with van der Waals surface area (Å²) >= 11 is 0. The lowest BCUT2D eigenvalue weighted by Gasteiger charge is -2.28. The predicted octanol–water partition coefficient (Wildman–Crippen LogP) is 4.34. The third-order valence-electron chi connectivity index (χ3n) is 5.21. The maximum absolute atomic E-state index is 13.7. The highest BCUT2D eigenvalue weighted by Gasteiger charge is 2.18. The minimum atomic E-state index is -0.682. The first-order valence-electron chi connectivity index (χ1n) is 10.0. The number of amides is 1. The molecule has 0 radical (unpaired) electrons. The number of hydrogen-bond acceptors (Lipinski definition) is 4. The number of hydrogen-bond donors (Lipinski definition) is 1. The van der Waals surface area contributed by atoms with Gasteiger partial charge in [-0.15, -0.1) is 0 Å². The summed E-state index contributed by atoms with van der Waals surface area (Å²) in [5, 5.41) is 2.66. The lowest BCUT2D eigenvalue weighted by atomic mass is 10.1. The molecular weight excluding hydrogens is 386 g/mol. The number of carbonyl (C=O) groups excluding carboxylic acids is 1. The summed E-state index contributed by atoms with van der Waals surface area (Å²) in [5.41, 5.74) is 2.35. The van der Waals surface area contributed by atoms with Gasteiger partial charge >= 0.3 is 0 Å². The van der Waals surface area contributed by atoms with Crippen molar-refractivity contribution in [2.24, 2.45) is 0 Å². The number of aromatic nitrogens is 2. The Morgan fingerprint density at radius 3 is 2.43 bits per heavy atom. The fourth-order valence-electron chi connectivity index (χ4n) is 3.59. The minimum absolute atomic E-state index is 0.0179. The number of rotatable bonds is 5. The van der Waals surface area contributed by atoms with Gasteiger partial charge in [-0.2, -0.15) is 0 Å². The zero-order valence-corrected chi connectivity index (χ0v) is 16.4. The first kappa shape index (κ1) is 19.9. The minimum Gasteiger partial charge on any atom is -0.355 e. The largest absolute Gasteiger partial charge is 0.355 e. The third kappa shape index (κ3) is 4.45. The SMILES string of the molecule is O=C(NCc1ccc(F)cc1F)c1ccc(-c2nccnc2N2CCCCC2)cc1. The molecule has 1 aliphatic heterocycles. The van der Waals surface area contributed by atoms with Crippen molar-refractivity contribution < 1.29 is 13.6 Å². The number of benzene rings is 2. The molecule has 7 heteroatoms. The van der Waals surface area contributed by atoms with Crippen molar-refractivity contribution in [2.75, 3.05) is 18.0 Å². The molecule has 0 saturated carbocycles. The summed E-state index contributed by atoms with van der Waals surface area (Å²) in [6, 6.07) is 10.4. The van der Waals surface area contributed by atoms with Crippen molar-refractivity contribution in [1.82, 2.24) is 15.3 Å². The third-order valence-corrected chi connectivity index (χ3v) is 5.21. The fraction of sp³-hybridized carbons (Fsp3) is 0.261. The molecular formula is C23H22F2N4O. The molecule has 2 aromatic carbocycles. The standard InChI is InChI=1S/C23H22F2N4O/c24-19-9-8-18(20(25)14-19)15-28-23(30)17-6-4-16(5-7-17)21-22(27-11-10-26-21)29-12-2-1-3-13-29/h4-11,14H,1-3,12-13,15H2,(H,28,30). The molecule has 4 rings (SSSR count). The number of piperidine rings is 1. The quantitative estimate of drug-likeness (QED) is 0.682. The van der Waals surface area contributed by atoms with Crippen LogP contribution in [0, 0.1) is 11.6 Å². The summed E-state index contributed by atoms with van der Waals surface area (Å²) in [5.74, 6) is -0.800. The van der Waals surface area contributed by atoms with Gasteiger partial charge in [0.25, 0.3) is 5.91 Å². The van der Waals surface area contributed by atoms with E-state index in [0.29, 0.717) is 5.56 Å². The van der Waals surface area contributed by atoms with Gasteiger partial charge in [0.05, 0.1) is 0 Å². The lowest BCUT2D eigenvalue weighted by Crippen LogP contribution is -2.30. The molecule has 5 nitrogen and oxygen atoms in total. The van der Waals surface area contributed by atoms with Gasteiger partial charge in [0.1, 0.15) is 17.3 Å². The highest BCUT2D eigenvalue weighted by atomic mass is 19.1. The van der Waals surface area contributed by atoms with E-state index in [0.717, 1.165) is 49.1 Å². The molecule has 0 bridgehead atoms. The van der Waals surface area contributed by atoms with Crippen molar-refractivity contribution >= 4 is 11.7 Å². The van der Waals surface area contributed by atoms with Crippen LogP contribution < -0.4 is 10.2 Å². The Morgan fingerprint density at radius 1 is 0.967 bits per heavy atom. The lowest BCUT2D eigenvalue weighted by molar-refractivity contribution is 0.0950. The normalized spacial score (nSPS) is 13.9. The van der Waals surface area contributed by atoms with Crippen molar-refractivity contribution in [1.29, 1.82) is 0 Å². The first-order valence-corrected chi connectivity index (χ1v) is 10.0. The Morgan fingerprint density at radius 2 is 1.70 bits per heavy atom. The van der Waals surface area contributed by atoms with E-state index in [9.17, 15) is 13.6 Å². The summed E-state index contributed by atoms with van der Waals surface area (Å²) in [6.45, 7) is 1.91.